The van der Waals surface area contributed by atoms with Crippen molar-refractivity contribution in [3.05, 3.63) is 94.5 Å². The largest absolute Gasteiger partial charge is 0.497 e. The molecule has 2 heterocycles. The van der Waals surface area contributed by atoms with Crippen LogP contribution in [0.5, 0.6) is 11.5 Å². The molecule has 5 rings (SSSR count). The van der Waals surface area contributed by atoms with E-state index in [-0.39, 0.29) is 11.9 Å². The van der Waals surface area contributed by atoms with Crippen LogP contribution in [-0.2, 0) is 11.3 Å². The number of hydrogen-bond donors (Lipinski definition) is 0. The Morgan fingerprint density at radius 2 is 1.63 bits per heavy atom. The number of hydrogen-bond acceptors (Lipinski definition) is 6. The molecule has 198 valence electrons. The molecule has 7 nitrogen and oxygen atoms in total. The lowest BCUT2D eigenvalue weighted by molar-refractivity contribution is -0.134. The van der Waals surface area contributed by atoms with Crippen molar-refractivity contribution >= 4 is 23.2 Å². The quantitative estimate of drug-likeness (QED) is 0.415. The van der Waals surface area contributed by atoms with Crippen LogP contribution in [0.2, 0.25) is 5.02 Å². The van der Waals surface area contributed by atoms with Crippen LogP contribution in [0.15, 0.2) is 77.9 Å². The maximum Gasteiger partial charge on any atom is 0.257 e. The molecule has 1 saturated heterocycles. The van der Waals surface area contributed by atoms with Crippen LogP contribution in [0.25, 0.3) is 0 Å². The number of rotatable bonds is 8. The molecule has 3 aromatic rings. The van der Waals surface area contributed by atoms with Crippen LogP contribution in [0.3, 0.4) is 0 Å². The van der Waals surface area contributed by atoms with E-state index in [4.69, 9.17) is 26.2 Å². The first-order valence-electron chi connectivity index (χ1n) is 12.9. The Bertz CT molecular complexity index is 1290. The monoisotopic (exact) mass is 532 g/mol. The molecule has 0 saturated carbocycles. The van der Waals surface area contributed by atoms with Gasteiger partial charge in [-0.1, -0.05) is 60.1 Å². The lowest BCUT2D eigenvalue weighted by atomic mass is 9.97. The standard InChI is InChI=1S/C30H33ClN4O3/c1-37-23-12-13-29(38-2)25(18-23)28-19-27(24-10-6-7-11-26(24)31)32-35(28)30(36)21-34-16-14-33(15-17-34)20-22-8-4-3-5-9-22/h3-13,18,28H,14-17,19-21H2,1-2H3/t28-/m0/s1. The molecule has 0 N–H and O–H groups in total. The Balaban J connectivity index is 1.34. The number of ether oxygens (including phenoxy) is 2. The summed E-state index contributed by atoms with van der Waals surface area (Å²) in [5.74, 6) is 1.35. The minimum atomic E-state index is -0.321. The average molecular weight is 533 g/mol. The minimum Gasteiger partial charge on any atom is -0.497 e. The third kappa shape index (κ3) is 5.85. The number of amides is 1. The van der Waals surface area contributed by atoms with Gasteiger partial charge in [0.2, 0.25) is 0 Å². The third-order valence-electron chi connectivity index (χ3n) is 7.22. The van der Waals surface area contributed by atoms with Gasteiger partial charge in [0.15, 0.2) is 0 Å². The van der Waals surface area contributed by atoms with Gasteiger partial charge >= 0.3 is 0 Å². The smallest absolute Gasteiger partial charge is 0.257 e. The summed E-state index contributed by atoms with van der Waals surface area (Å²) in [6.45, 7) is 4.74. The van der Waals surface area contributed by atoms with E-state index in [1.165, 1.54) is 5.56 Å². The zero-order valence-corrected chi connectivity index (χ0v) is 22.6. The molecule has 0 aromatic heterocycles. The second-order valence-corrected chi connectivity index (χ2v) is 10.0. The summed E-state index contributed by atoms with van der Waals surface area (Å²) < 4.78 is 11.2. The van der Waals surface area contributed by atoms with Gasteiger partial charge in [0.25, 0.3) is 5.91 Å². The molecule has 1 fully saturated rings. The number of carbonyl (C=O) groups is 1. The maximum absolute atomic E-state index is 13.7. The number of carbonyl (C=O) groups excluding carboxylic acids is 1. The van der Waals surface area contributed by atoms with Crippen LogP contribution in [0, 0.1) is 0 Å². The van der Waals surface area contributed by atoms with Crippen molar-refractivity contribution in [3.63, 3.8) is 0 Å². The van der Waals surface area contributed by atoms with E-state index in [9.17, 15) is 4.79 Å². The van der Waals surface area contributed by atoms with Gasteiger partial charge in [-0.2, -0.15) is 5.10 Å². The number of methoxy groups -OCH3 is 2. The van der Waals surface area contributed by atoms with E-state index >= 15 is 0 Å². The molecular formula is C30H33ClN4O3. The molecular weight excluding hydrogens is 500 g/mol. The van der Waals surface area contributed by atoms with Crippen LogP contribution >= 0.6 is 11.6 Å². The van der Waals surface area contributed by atoms with Crippen LogP contribution < -0.4 is 9.47 Å². The van der Waals surface area contributed by atoms with Gasteiger partial charge in [0.1, 0.15) is 11.5 Å². The summed E-state index contributed by atoms with van der Waals surface area (Å²) in [5, 5.41) is 7.06. The van der Waals surface area contributed by atoms with E-state index in [1.807, 2.05) is 48.5 Å². The molecule has 3 aromatic carbocycles. The van der Waals surface area contributed by atoms with Crippen LogP contribution in [0.1, 0.15) is 29.2 Å². The Kier molecular flexibility index (Phi) is 8.27. The zero-order chi connectivity index (χ0) is 26.5. The molecule has 2 aliphatic heterocycles. The highest BCUT2D eigenvalue weighted by Gasteiger charge is 2.36. The second-order valence-electron chi connectivity index (χ2n) is 9.63. The second kappa shape index (κ2) is 12.0. The SMILES string of the molecule is COc1ccc(OC)c([C@@H]2CC(c3ccccc3Cl)=NN2C(=O)CN2CCN(Cc3ccccc3)CC2)c1. The Morgan fingerprint density at radius 3 is 2.34 bits per heavy atom. The zero-order valence-electron chi connectivity index (χ0n) is 21.8. The number of halogens is 1. The average Bonchev–Trinajstić information content (AvgIpc) is 3.40. The van der Waals surface area contributed by atoms with Gasteiger partial charge in [-0.3, -0.25) is 14.6 Å². The topological polar surface area (TPSA) is 57.6 Å². The highest BCUT2D eigenvalue weighted by Crippen LogP contribution is 2.40. The van der Waals surface area contributed by atoms with Crippen LogP contribution in [0.4, 0.5) is 0 Å². The molecule has 1 atom stereocenters. The van der Waals surface area contributed by atoms with Gasteiger partial charge < -0.3 is 9.47 Å². The number of nitrogens with zero attached hydrogens (tertiary/aromatic N) is 4. The molecule has 38 heavy (non-hydrogen) atoms. The molecule has 0 spiro atoms. The fraction of sp³-hybridized carbons (Fsp3) is 0.333. The Hall–Kier alpha value is -3.39. The summed E-state index contributed by atoms with van der Waals surface area (Å²) in [6, 6.07) is 23.5. The minimum absolute atomic E-state index is 0.0431. The third-order valence-corrected chi connectivity index (χ3v) is 7.55. The van der Waals surface area contributed by atoms with Gasteiger partial charge in [-0.15, -0.1) is 0 Å². The Morgan fingerprint density at radius 1 is 0.921 bits per heavy atom. The van der Waals surface area contributed by atoms with Crippen molar-refractivity contribution in [2.24, 2.45) is 5.10 Å². The lowest BCUT2D eigenvalue weighted by Crippen LogP contribution is -2.49. The number of benzene rings is 3. The van der Waals surface area contributed by atoms with E-state index in [0.717, 1.165) is 49.6 Å². The van der Waals surface area contributed by atoms with Gasteiger partial charge in [-0.25, -0.2) is 5.01 Å². The van der Waals surface area contributed by atoms with Crippen LogP contribution in [-0.4, -0.2) is 73.4 Å². The van der Waals surface area contributed by atoms with Crippen molar-refractivity contribution in [3.8, 4) is 11.5 Å². The van der Waals surface area contributed by atoms with E-state index in [0.29, 0.717) is 29.5 Å². The summed E-state index contributed by atoms with van der Waals surface area (Å²) in [4.78, 5) is 18.4. The Labute approximate surface area is 229 Å². The van der Waals surface area contributed by atoms with Crippen molar-refractivity contribution in [2.75, 3.05) is 46.9 Å². The van der Waals surface area contributed by atoms with Crippen molar-refractivity contribution in [1.82, 2.24) is 14.8 Å². The molecule has 8 heteroatoms. The first-order chi connectivity index (χ1) is 18.6. The number of piperazine rings is 1. The molecule has 0 unspecified atom stereocenters. The van der Waals surface area contributed by atoms with E-state index in [1.54, 1.807) is 19.2 Å². The van der Waals surface area contributed by atoms with Crippen molar-refractivity contribution < 1.29 is 14.3 Å². The normalized spacial score (nSPS) is 18.3. The molecule has 1 amide bonds. The molecule has 0 radical (unpaired) electrons. The fourth-order valence-electron chi connectivity index (χ4n) is 5.15. The highest BCUT2D eigenvalue weighted by atomic mass is 35.5. The summed E-state index contributed by atoms with van der Waals surface area (Å²) in [7, 11) is 3.27. The van der Waals surface area contributed by atoms with Gasteiger partial charge in [-0.05, 0) is 29.8 Å². The predicted octanol–water partition coefficient (Wildman–Crippen LogP) is 4.85. The van der Waals surface area contributed by atoms with E-state index in [2.05, 4.69) is 34.1 Å². The molecule has 0 aliphatic carbocycles. The number of hydrazone groups is 1. The fourth-order valence-corrected chi connectivity index (χ4v) is 5.40. The first-order valence-corrected chi connectivity index (χ1v) is 13.3. The van der Waals surface area contributed by atoms with E-state index < -0.39 is 0 Å². The first kappa shape index (κ1) is 26.2. The van der Waals surface area contributed by atoms with Gasteiger partial charge in [0.05, 0.1) is 32.5 Å². The van der Waals surface area contributed by atoms with Gasteiger partial charge in [0, 0.05) is 55.3 Å². The summed E-state index contributed by atoms with van der Waals surface area (Å²) in [5.41, 5.74) is 3.79. The summed E-state index contributed by atoms with van der Waals surface area (Å²) >= 11 is 6.52. The summed E-state index contributed by atoms with van der Waals surface area (Å²) in [6.07, 6.45) is 0.532. The highest BCUT2D eigenvalue weighted by molar-refractivity contribution is 6.34. The maximum atomic E-state index is 13.7. The van der Waals surface area contributed by atoms with Crippen molar-refractivity contribution in [1.29, 1.82) is 0 Å². The molecule has 0 bridgehead atoms. The molecule has 2 aliphatic rings. The van der Waals surface area contributed by atoms with Crippen molar-refractivity contribution in [2.45, 2.75) is 19.0 Å². The predicted molar refractivity (Wildman–Crippen MR) is 150 cm³/mol. The lowest BCUT2D eigenvalue weighted by Gasteiger charge is -2.35.